The van der Waals surface area contributed by atoms with Gasteiger partial charge in [0.15, 0.2) is 16.6 Å². The van der Waals surface area contributed by atoms with E-state index in [1.165, 1.54) is 35.2 Å². The first-order valence-corrected chi connectivity index (χ1v) is 10.8. The number of aromatic nitrogens is 1. The van der Waals surface area contributed by atoms with Crippen LogP contribution in [0.15, 0.2) is 52.7 Å². The summed E-state index contributed by atoms with van der Waals surface area (Å²) in [6.45, 7) is 2.85. The number of rotatable bonds is 6. The Kier molecular flexibility index (Phi) is 5.86. The molecule has 8 nitrogen and oxygen atoms in total. The average molecular weight is 444 g/mol. The third-order valence-electron chi connectivity index (χ3n) is 4.28. The van der Waals surface area contributed by atoms with Gasteiger partial charge in [-0.1, -0.05) is 12.1 Å². The number of carbonyl (C=O) groups excluding carboxylic acids is 1. The third kappa shape index (κ3) is 4.55. The molecule has 1 aliphatic heterocycles. The number of nitro groups is 1. The molecule has 0 bridgehead atoms. The minimum Gasteiger partial charge on any atom is -0.486 e. The molecule has 10 heteroatoms. The number of hydrogen-bond acceptors (Lipinski definition) is 8. The van der Waals surface area contributed by atoms with E-state index in [0.717, 1.165) is 4.90 Å². The van der Waals surface area contributed by atoms with Crippen LogP contribution in [0.4, 0.5) is 10.8 Å². The van der Waals surface area contributed by atoms with Crippen molar-refractivity contribution in [3.63, 3.8) is 0 Å². The van der Waals surface area contributed by atoms with E-state index in [2.05, 4.69) is 10.3 Å². The number of non-ortho nitro benzene ring substituents is 1. The van der Waals surface area contributed by atoms with Gasteiger partial charge in [0.2, 0.25) is 5.91 Å². The molecule has 1 N–H and O–H groups in total. The van der Waals surface area contributed by atoms with Gasteiger partial charge in [-0.05, 0) is 25.1 Å². The maximum absolute atomic E-state index is 12.6. The van der Waals surface area contributed by atoms with E-state index in [-0.39, 0.29) is 16.8 Å². The summed E-state index contributed by atoms with van der Waals surface area (Å²) in [6, 6.07) is 11.8. The fourth-order valence-corrected chi connectivity index (χ4v) is 4.42. The molecule has 4 rings (SSSR count). The van der Waals surface area contributed by atoms with Gasteiger partial charge in [0, 0.05) is 28.0 Å². The maximum atomic E-state index is 12.6. The molecule has 30 heavy (non-hydrogen) atoms. The zero-order chi connectivity index (χ0) is 21.1. The second-order valence-corrected chi connectivity index (χ2v) is 8.67. The zero-order valence-electron chi connectivity index (χ0n) is 15.9. The third-order valence-corrected chi connectivity index (χ3v) is 6.13. The SMILES string of the molecule is C[C@H](Sc1ccc2c(c1)OCCO2)C(=O)Nc1nc(-c2cccc([N+](=O)[O-])c2)cs1. The number of amides is 1. The molecule has 2 aromatic carbocycles. The molecule has 0 saturated heterocycles. The number of anilines is 1. The number of ether oxygens (including phenoxy) is 2. The van der Waals surface area contributed by atoms with Crippen LogP contribution in [0.5, 0.6) is 11.5 Å². The number of benzene rings is 2. The van der Waals surface area contributed by atoms with Gasteiger partial charge in [0.25, 0.3) is 5.69 Å². The van der Waals surface area contributed by atoms with Crippen LogP contribution in [-0.2, 0) is 4.79 Å². The number of nitrogens with one attached hydrogen (secondary N) is 1. The second kappa shape index (κ2) is 8.72. The largest absolute Gasteiger partial charge is 0.486 e. The quantitative estimate of drug-likeness (QED) is 0.337. The van der Waals surface area contributed by atoms with E-state index in [1.54, 1.807) is 17.5 Å². The van der Waals surface area contributed by atoms with Crippen molar-refractivity contribution in [3.8, 4) is 22.8 Å². The number of hydrogen-bond donors (Lipinski definition) is 1. The topological polar surface area (TPSA) is 104 Å². The molecule has 2 heterocycles. The molecule has 1 atom stereocenters. The molecule has 0 unspecified atom stereocenters. The second-order valence-electron chi connectivity index (χ2n) is 6.40. The lowest BCUT2D eigenvalue weighted by molar-refractivity contribution is -0.384. The van der Waals surface area contributed by atoms with E-state index in [1.807, 2.05) is 25.1 Å². The molecule has 1 aromatic heterocycles. The first kappa shape index (κ1) is 20.2. The number of carbonyl (C=O) groups is 1. The van der Waals surface area contributed by atoms with Gasteiger partial charge < -0.3 is 14.8 Å². The van der Waals surface area contributed by atoms with Crippen molar-refractivity contribution in [2.45, 2.75) is 17.1 Å². The molecular formula is C20H17N3O5S2. The molecular weight excluding hydrogens is 426 g/mol. The lowest BCUT2D eigenvalue weighted by atomic mass is 10.1. The molecule has 0 radical (unpaired) electrons. The van der Waals surface area contributed by atoms with Gasteiger partial charge in [-0.25, -0.2) is 4.98 Å². The first-order chi connectivity index (χ1) is 14.5. The minimum atomic E-state index is -0.449. The van der Waals surface area contributed by atoms with E-state index in [0.29, 0.717) is 41.1 Å². The molecule has 0 fully saturated rings. The van der Waals surface area contributed by atoms with Crippen LogP contribution in [-0.4, -0.2) is 34.3 Å². The Balaban J connectivity index is 1.40. The van der Waals surface area contributed by atoms with Gasteiger partial charge in [-0.15, -0.1) is 23.1 Å². The summed E-state index contributed by atoms with van der Waals surface area (Å²) in [6.07, 6.45) is 0. The van der Waals surface area contributed by atoms with Crippen molar-refractivity contribution in [3.05, 3.63) is 58.0 Å². The zero-order valence-corrected chi connectivity index (χ0v) is 17.5. The van der Waals surface area contributed by atoms with Crippen molar-refractivity contribution in [1.82, 2.24) is 4.98 Å². The van der Waals surface area contributed by atoms with Crippen molar-refractivity contribution < 1.29 is 19.2 Å². The number of thioether (sulfide) groups is 1. The van der Waals surface area contributed by atoms with Crippen LogP contribution in [0, 0.1) is 10.1 Å². The molecule has 1 amide bonds. The average Bonchev–Trinajstić information content (AvgIpc) is 3.22. The fourth-order valence-electron chi connectivity index (χ4n) is 2.80. The van der Waals surface area contributed by atoms with Crippen LogP contribution in [0.3, 0.4) is 0 Å². The molecule has 1 aliphatic rings. The molecule has 154 valence electrons. The van der Waals surface area contributed by atoms with E-state index in [4.69, 9.17) is 9.47 Å². The Bertz CT molecular complexity index is 1100. The Morgan fingerprint density at radius 3 is 2.83 bits per heavy atom. The Labute approximate surface area is 180 Å². The van der Waals surface area contributed by atoms with Gasteiger partial charge in [0.1, 0.15) is 13.2 Å². The number of nitro benzene ring substituents is 1. The van der Waals surface area contributed by atoms with E-state index >= 15 is 0 Å². The summed E-state index contributed by atoms with van der Waals surface area (Å²) in [5.74, 6) is 1.20. The van der Waals surface area contributed by atoms with Gasteiger partial charge in [-0.2, -0.15) is 0 Å². The summed E-state index contributed by atoms with van der Waals surface area (Å²) in [5.41, 5.74) is 1.20. The lowest BCUT2D eigenvalue weighted by Gasteiger charge is -2.19. The maximum Gasteiger partial charge on any atom is 0.270 e. The molecule has 3 aromatic rings. The smallest absolute Gasteiger partial charge is 0.270 e. The van der Waals surface area contributed by atoms with Gasteiger partial charge >= 0.3 is 0 Å². The fraction of sp³-hybridized carbons (Fsp3) is 0.200. The van der Waals surface area contributed by atoms with E-state index in [9.17, 15) is 14.9 Å². The summed E-state index contributed by atoms with van der Waals surface area (Å²) in [4.78, 5) is 28.4. The first-order valence-electron chi connectivity index (χ1n) is 9.07. The molecule has 0 spiro atoms. The summed E-state index contributed by atoms with van der Waals surface area (Å²) < 4.78 is 11.1. The van der Waals surface area contributed by atoms with Crippen LogP contribution < -0.4 is 14.8 Å². The summed E-state index contributed by atoms with van der Waals surface area (Å²) in [7, 11) is 0. The van der Waals surface area contributed by atoms with Crippen LogP contribution in [0.1, 0.15) is 6.92 Å². The van der Waals surface area contributed by atoms with Gasteiger partial charge in [0.05, 0.1) is 15.9 Å². The predicted molar refractivity (Wildman–Crippen MR) is 116 cm³/mol. The minimum absolute atomic E-state index is 0.00413. The van der Waals surface area contributed by atoms with Crippen LogP contribution >= 0.6 is 23.1 Å². The van der Waals surface area contributed by atoms with Crippen molar-refractivity contribution in [2.75, 3.05) is 18.5 Å². The van der Waals surface area contributed by atoms with Crippen LogP contribution in [0.25, 0.3) is 11.3 Å². The highest BCUT2D eigenvalue weighted by molar-refractivity contribution is 8.00. The van der Waals surface area contributed by atoms with Crippen molar-refractivity contribution in [2.24, 2.45) is 0 Å². The highest BCUT2D eigenvalue weighted by Gasteiger charge is 2.19. The van der Waals surface area contributed by atoms with Gasteiger partial charge in [-0.3, -0.25) is 14.9 Å². The lowest BCUT2D eigenvalue weighted by Crippen LogP contribution is -2.22. The summed E-state index contributed by atoms with van der Waals surface area (Å²) in [5, 5.41) is 15.6. The van der Waals surface area contributed by atoms with Crippen molar-refractivity contribution in [1.29, 1.82) is 0 Å². The van der Waals surface area contributed by atoms with Crippen LogP contribution in [0.2, 0.25) is 0 Å². The monoisotopic (exact) mass is 443 g/mol. The van der Waals surface area contributed by atoms with Crippen molar-refractivity contribution >= 4 is 39.8 Å². The standard InChI is InChI=1S/C20H17N3O5S2/c1-12(30-15-5-6-17-18(10-15)28-8-7-27-17)19(24)22-20-21-16(11-29-20)13-3-2-4-14(9-13)23(25)26/h2-6,9-12H,7-8H2,1H3,(H,21,22,24)/t12-/m0/s1. The number of fused-ring (bicyclic) bond motifs is 1. The number of nitrogens with zero attached hydrogens (tertiary/aromatic N) is 2. The Morgan fingerprint density at radius 2 is 2.03 bits per heavy atom. The molecule has 0 aliphatic carbocycles. The predicted octanol–water partition coefficient (Wildman–Crippen LogP) is 4.61. The Hall–Kier alpha value is -3.11. The van der Waals surface area contributed by atoms with E-state index < -0.39 is 4.92 Å². The summed E-state index contributed by atoms with van der Waals surface area (Å²) >= 11 is 2.68. The highest BCUT2D eigenvalue weighted by atomic mass is 32.2. The number of thiazole rings is 1. The molecule has 0 saturated carbocycles. The normalized spacial score (nSPS) is 13.5. The highest BCUT2D eigenvalue weighted by Crippen LogP contribution is 2.36. The Morgan fingerprint density at radius 1 is 1.23 bits per heavy atom.